The summed E-state index contributed by atoms with van der Waals surface area (Å²) < 4.78 is 40.1. The van der Waals surface area contributed by atoms with Crippen LogP contribution in [0.5, 0.6) is 5.95 Å². The van der Waals surface area contributed by atoms with E-state index in [1.54, 1.807) is 49.8 Å². The molecule has 1 aromatic heterocycles. The summed E-state index contributed by atoms with van der Waals surface area (Å²) in [5.41, 5.74) is -0.371. The molecule has 1 amide bonds. The first-order chi connectivity index (χ1) is 11.0. The number of carbonyl (C=O) groups excluding carboxylic acids is 2. The Hall–Kier alpha value is -2.55. The van der Waals surface area contributed by atoms with E-state index < -0.39 is 33.4 Å². The van der Waals surface area contributed by atoms with E-state index in [9.17, 15) is 18.0 Å². The van der Waals surface area contributed by atoms with E-state index in [-0.39, 0.29) is 5.95 Å². The molecule has 0 aliphatic carbocycles. The van der Waals surface area contributed by atoms with Crippen LogP contribution in [0.15, 0.2) is 34.7 Å². The van der Waals surface area contributed by atoms with E-state index in [4.69, 9.17) is 13.9 Å². The molecule has 0 unspecified atom stereocenters. The molecule has 0 aliphatic rings. The van der Waals surface area contributed by atoms with Gasteiger partial charge in [-0.15, -0.1) is 0 Å². The van der Waals surface area contributed by atoms with E-state index in [2.05, 4.69) is 0 Å². The van der Waals surface area contributed by atoms with Crippen LogP contribution in [-0.2, 0) is 19.6 Å². The van der Waals surface area contributed by atoms with Crippen molar-refractivity contribution in [1.82, 2.24) is 4.72 Å². The van der Waals surface area contributed by atoms with Crippen molar-refractivity contribution in [2.45, 2.75) is 26.4 Å². The summed E-state index contributed by atoms with van der Waals surface area (Å²) in [6.07, 6.45) is -1.17. The summed E-state index contributed by atoms with van der Waals surface area (Å²) in [5.74, 6) is -2.28. The highest BCUT2D eigenvalue weighted by Gasteiger charge is 2.25. The molecule has 0 saturated carbocycles. The highest BCUT2D eigenvalue weighted by atomic mass is 32.2. The number of para-hydroxylation sites is 1. The Morgan fingerprint density at radius 1 is 1.21 bits per heavy atom. The summed E-state index contributed by atoms with van der Waals surface area (Å²) in [6.45, 7) is 4.74. The minimum absolute atomic E-state index is 0.131. The lowest BCUT2D eigenvalue weighted by Crippen LogP contribution is -2.39. The van der Waals surface area contributed by atoms with Crippen LogP contribution in [0.25, 0.3) is 11.0 Å². The SMILES string of the molecule is CC(C)(C)OC(=O)NS(=O)(=O)CC(=O)Oc1cc2ccccc2o1. The molecule has 2 aromatic rings. The molecule has 0 bridgehead atoms. The lowest BCUT2D eigenvalue weighted by Gasteiger charge is -2.19. The Morgan fingerprint density at radius 3 is 2.50 bits per heavy atom. The number of amides is 1. The van der Waals surface area contributed by atoms with Gasteiger partial charge in [-0.1, -0.05) is 18.2 Å². The van der Waals surface area contributed by atoms with Crippen LogP contribution in [0.1, 0.15) is 20.8 Å². The van der Waals surface area contributed by atoms with Crippen LogP contribution in [0.3, 0.4) is 0 Å². The van der Waals surface area contributed by atoms with Crippen molar-refractivity contribution >= 4 is 33.1 Å². The highest BCUT2D eigenvalue weighted by Crippen LogP contribution is 2.24. The van der Waals surface area contributed by atoms with Crippen LogP contribution in [0.4, 0.5) is 4.79 Å². The Labute approximate surface area is 138 Å². The summed E-state index contributed by atoms with van der Waals surface area (Å²) in [6, 6.07) is 8.40. The number of furan rings is 1. The third kappa shape index (κ3) is 5.27. The third-order valence-electron chi connectivity index (χ3n) is 2.56. The fourth-order valence-corrected chi connectivity index (χ4v) is 2.50. The standard InChI is InChI=1S/C15H17NO7S/c1-15(2,3)23-14(18)16-24(19,20)9-12(17)22-13-8-10-6-4-5-7-11(10)21-13/h4-8H,9H2,1-3H3,(H,16,18). The van der Waals surface area contributed by atoms with E-state index in [0.29, 0.717) is 11.0 Å². The van der Waals surface area contributed by atoms with E-state index in [0.717, 1.165) is 0 Å². The Morgan fingerprint density at radius 2 is 1.88 bits per heavy atom. The lowest BCUT2D eigenvalue weighted by atomic mass is 10.2. The predicted molar refractivity (Wildman–Crippen MR) is 85.0 cm³/mol. The van der Waals surface area contributed by atoms with Gasteiger partial charge < -0.3 is 13.9 Å². The van der Waals surface area contributed by atoms with Crippen LogP contribution >= 0.6 is 0 Å². The molecule has 2 rings (SSSR count). The molecule has 8 nitrogen and oxygen atoms in total. The molecular formula is C15H17NO7S. The van der Waals surface area contributed by atoms with Crippen molar-refractivity contribution in [2.75, 3.05) is 5.75 Å². The monoisotopic (exact) mass is 355 g/mol. The second-order valence-corrected chi connectivity index (χ2v) is 7.66. The van der Waals surface area contributed by atoms with E-state index in [1.807, 2.05) is 0 Å². The Kier molecular flexibility index (Phi) is 4.83. The number of esters is 1. The second kappa shape index (κ2) is 6.52. The van der Waals surface area contributed by atoms with Crippen molar-refractivity contribution in [2.24, 2.45) is 0 Å². The first-order valence-electron chi connectivity index (χ1n) is 6.97. The number of hydrogen-bond acceptors (Lipinski definition) is 7. The van der Waals surface area contributed by atoms with Gasteiger partial charge in [0.2, 0.25) is 10.0 Å². The first kappa shape index (κ1) is 17.8. The molecule has 0 atom stereocenters. The molecule has 0 spiro atoms. The number of fused-ring (bicyclic) bond motifs is 1. The van der Waals surface area contributed by atoms with Gasteiger partial charge >= 0.3 is 12.1 Å². The van der Waals surface area contributed by atoms with Crippen LogP contribution in [-0.4, -0.2) is 31.8 Å². The van der Waals surface area contributed by atoms with Gasteiger partial charge in [-0.3, -0.25) is 4.79 Å². The number of hydrogen-bond donors (Lipinski definition) is 1. The maximum Gasteiger partial charge on any atom is 0.421 e. The molecule has 1 N–H and O–H groups in total. The van der Waals surface area contributed by atoms with Gasteiger partial charge in [0.1, 0.15) is 11.2 Å². The maximum atomic E-state index is 11.8. The van der Waals surface area contributed by atoms with Crippen LogP contribution in [0, 0.1) is 0 Å². The average Bonchev–Trinajstić information content (AvgIpc) is 2.75. The molecular weight excluding hydrogens is 338 g/mol. The van der Waals surface area contributed by atoms with Crippen molar-refractivity contribution in [3.8, 4) is 5.95 Å². The van der Waals surface area contributed by atoms with Gasteiger partial charge in [-0.05, 0) is 26.8 Å². The molecule has 130 valence electrons. The van der Waals surface area contributed by atoms with Gasteiger partial charge in [0, 0.05) is 11.5 Å². The number of sulfonamides is 1. The Balaban J connectivity index is 1.96. The molecule has 0 aliphatic heterocycles. The summed E-state index contributed by atoms with van der Waals surface area (Å²) >= 11 is 0. The topological polar surface area (TPSA) is 112 Å². The number of benzene rings is 1. The van der Waals surface area contributed by atoms with Crippen molar-refractivity contribution in [3.63, 3.8) is 0 Å². The summed E-state index contributed by atoms with van der Waals surface area (Å²) in [5, 5.41) is 0.704. The van der Waals surface area contributed by atoms with Crippen LogP contribution < -0.4 is 9.46 Å². The van der Waals surface area contributed by atoms with Crippen molar-refractivity contribution in [3.05, 3.63) is 30.3 Å². The molecule has 0 fully saturated rings. The summed E-state index contributed by atoms with van der Waals surface area (Å²) in [7, 11) is -4.24. The normalized spacial score (nSPS) is 12.0. The first-order valence-corrected chi connectivity index (χ1v) is 8.62. The predicted octanol–water partition coefficient (Wildman–Crippen LogP) is 2.19. The molecule has 0 radical (unpaired) electrons. The number of nitrogens with one attached hydrogen (secondary N) is 1. The maximum absolute atomic E-state index is 11.8. The number of ether oxygens (including phenoxy) is 2. The lowest BCUT2D eigenvalue weighted by molar-refractivity contribution is -0.132. The zero-order valence-electron chi connectivity index (χ0n) is 13.4. The second-order valence-electron chi connectivity index (χ2n) is 5.94. The highest BCUT2D eigenvalue weighted by molar-refractivity contribution is 7.90. The zero-order valence-corrected chi connectivity index (χ0v) is 14.2. The molecule has 24 heavy (non-hydrogen) atoms. The van der Waals surface area contributed by atoms with Gasteiger partial charge in [0.15, 0.2) is 5.75 Å². The minimum Gasteiger partial charge on any atom is -0.443 e. The number of rotatable bonds is 4. The van der Waals surface area contributed by atoms with Gasteiger partial charge in [-0.25, -0.2) is 17.9 Å². The average molecular weight is 355 g/mol. The van der Waals surface area contributed by atoms with E-state index in [1.165, 1.54) is 6.07 Å². The van der Waals surface area contributed by atoms with Gasteiger partial charge in [-0.2, -0.15) is 0 Å². The number of carbonyl (C=O) groups is 2. The smallest absolute Gasteiger partial charge is 0.421 e. The van der Waals surface area contributed by atoms with Crippen molar-refractivity contribution < 1.29 is 31.9 Å². The summed E-state index contributed by atoms with van der Waals surface area (Å²) in [4.78, 5) is 23.2. The quantitative estimate of drug-likeness (QED) is 0.837. The third-order valence-corrected chi connectivity index (χ3v) is 3.66. The molecule has 1 heterocycles. The van der Waals surface area contributed by atoms with Gasteiger partial charge in [0.25, 0.3) is 5.95 Å². The Bertz CT molecular complexity index is 828. The molecule has 0 saturated heterocycles. The largest absolute Gasteiger partial charge is 0.443 e. The fraction of sp³-hybridized carbons (Fsp3) is 0.333. The van der Waals surface area contributed by atoms with E-state index >= 15 is 0 Å². The van der Waals surface area contributed by atoms with Crippen LogP contribution in [0.2, 0.25) is 0 Å². The zero-order chi connectivity index (χ0) is 18.0. The fourth-order valence-electron chi connectivity index (χ4n) is 1.77. The van der Waals surface area contributed by atoms with Crippen molar-refractivity contribution in [1.29, 1.82) is 0 Å². The molecule has 9 heteroatoms. The molecule has 1 aromatic carbocycles. The minimum atomic E-state index is -4.24. The van der Waals surface area contributed by atoms with Gasteiger partial charge in [0.05, 0.1) is 0 Å².